The molecule has 0 aliphatic carbocycles. The first kappa shape index (κ1) is 12.8. The van der Waals surface area contributed by atoms with E-state index >= 15 is 0 Å². The highest BCUT2D eigenvalue weighted by molar-refractivity contribution is 9.10. The van der Waals surface area contributed by atoms with E-state index in [1.54, 1.807) is 0 Å². The first-order chi connectivity index (χ1) is 8.25. The van der Waals surface area contributed by atoms with Gasteiger partial charge in [-0.15, -0.1) is 0 Å². The van der Waals surface area contributed by atoms with Crippen molar-refractivity contribution in [3.8, 4) is 0 Å². The van der Waals surface area contributed by atoms with Crippen LogP contribution in [0.1, 0.15) is 25.0 Å². The maximum Gasteiger partial charge on any atom is 0.126 e. The first-order valence-electron chi connectivity index (χ1n) is 6.35. The molecule has 0 aromatic carbocycles. The third-order valence-corrected chi connectivity index (χ3v) is 4.04. The standard InChI is InChI=1S/C13H20BrN3/c1-11-12(14)5-6-13(16-11)15-7-10-17-8-3-2-4-9-17/h5-6H,2-4,7-10H2,1H3,(H,15,16). The van der Waals surface area contributed by atoms with Gasteiger partial charge in [0.15, 0.2) is 0 Å². The number of hydrogen-bond acceptors (Lipinski definition) is 3. The summed E-state index contributed by atoms with van der Waals surface area (Å²) < 4.78 is 1.07. The second-order valence-electron chi connectivity index (χ2n) is 4.59. The molecule has 2 heterocycles. The molecule has 3 nitrogen and oxygen atoms in total. The van der Waals surface area contributed by atoms with Crippen molar-refractivity contribution in [2.45, 2.75) is 26.2 Å². The highest BCUT2D eigenvalue weighted by Gasteiger charge is 2.09. The summed E-state index contributed by atoms with van der Waals surface area (Å²) in [5.74, 6) is 0.975. The maximum atomic E-state index is 4.48. The Morgan fingerprint density at radius 3 is 2.76 bits per heavy atom. The van der Waals surface area contributed by atoms with Crippen molar-refractivity contribution in [2.24, 2.45) is 0 Å². The molecule has 1 saturated heterocycles. The minimum absolute atomic E-state index is 0.975. The normalized spacial score (nSPS) is 17.1. The molecule has 1 aliphatic heterocycles. The SMILES string of the molecule is Cc1nc(NCCN2CCCCC2)ccc1Br. The molecule has 1 aromatic rings. The number of piperidine rings is 1. The Balaban J connectivity index is 1.75. The van der Waals surface area contributed by atoms with E-state index in [9.17, 15) is 0 Å². The van der Waals surface area contributed by atoms with Gasteiger partial charge in [-0.05, 0) is 60.9 Å². The summed E-state index contributed by atoms with van der Waals surface area (Å²) in [6.07, 6.45) is 4.11. The van der Waals surface area contributed by atoms with E-state index < -0.39 is 0 Å². The van der Waals surface area contributed by atoms with Gasteiger partial charge < -0.3 is 10.2 Å². The lowest BCUT2D eigenvalue weighted by Gasteiger charge is -2.26. The average Bonchev–Trinajstić information content (AvgIpc) is 2.35. The largest absolute Gasteiger partial charge is 0.369 e. The summed E-state index contributed by atoms with van der Waals surface area (Å²) in [5, 5.41) is 3.39. The lowest BCUT2D eigenvalue weighted by molar-refractivity contribution is 0.237. The van der Waals surface area contributed by atoms with E-state index in [0.717, 1.165) is 29.1 Å². The van der Waals surface area contributed by atoms with Crippen LogP contribution in [0.15, 0.2) is 16.6 Å². The van der Waals surface area contributed by atoms with Gasteiger partial charge in [0.05, 0.1) is 5.69 Å². The summed E-state index contributed by atoms with van der Waals surface area (Å²) >= 11 is 3.46. The molecule has 0 atom stereocenters. The smallest absolute Gasteiger partial charge is 0.126 e. The third-order valence-electron chi connectivity index (χ3n) is 3.20. The van der Waals surface area contributed by atoms with Gasteiger partial charge in [0.1, 0.15) is 5.82 Å². The molecule has 1 fully saturated rings. The van der Waals surface area contributed by atoms with Crippen LogP contribution in [0.3, 0.4) is 0 Å². The lowest BCUT2D eigenvalue weighted by atomic mass is 10.1. The molecule has 1 aliphatic rings. The number of anilines is 1. The minimum Gasteiger partial charge on any atom is -0.369 e. The van der Waals surface area contributed by atoms with Crippen LogP contribution < -0.4 is 5.32 Å². The highest BCUT2D eigenvalue weighted by atomic mass is 79.9. The van der Waals surface area contributed by atoms with E-state index in [-0.39, 0.29) is 0 Å². The molecule has 0 bridgehead atoms. The zero-order chi connectivity index (χ0) is 12.1. The van der Waals surface area contributed by atoms with Crippen molar-refractivity contribution >= 4 is 21.7 Å². The van der Waals surface area contributed by atoms with Crippen molar-refractivity contribution in [1.29, 1.82) is 0 Å². The number of nitrogens with one attached hydrogen (secondary N) is 1. The zero-order valence-corrected chi connectivity index (χ0v) is 12.0. The molecule has 2 rings (SSSR count). The van der Waals surface area contributed by atoms with E-state index in [4.69, 9.17) is 0 Å². The van der Waals surface area contributed by atoms with Gasteiger partial charge in [-0.3, -0.25) is 0 Å². The Hall–Kier alpha value is -0.610. The lowest BCUT2D eigenvalue weighted by Crippen LogP contribution is -2.33. The molecule has 4 heteroatoms. The van der Waals surface area contributed by atoms with Crippen LogP contribution in [0.5, 0.6) is 0 Å². The Kier molecular flexibility index (Phi) is 4.80. The quantitative estimate of drug-likeness (QED) is 0.926. The molecule has 0 spiro atoms. The number of hydrogen-bond donors (Lipinski definition) is 1. The number of pyridine rings is 1. The maximum absolute atomic E-state index is 4.48. The second-order valence-corrected chi connectivity index (χ2v) is 5.45. The molecular weight excluding hydrogens is 278 g/mol. The fourth-order valence-electron chi connectivity index (χ4n) is 2.17. The number of likely N-dealkylation sites (tertiary alicyclic amines) is 1. The summed E-state index contributed by atoms with van der Waals surface area (Å²) in [7, 11) is 0. The first-order valence-corrected chi connectivity index (χ1v) is 7.14. The number of aromatic nitrogens is 1. The monoisotopic (exact) mass is 297 g/mol. The van der Waals surface area contributed by atoms with E-state index in [1.807, 2.05) is 19.1 Å². The molecule has 1 N–H and O–H groups in total. The molecule has 0 radical (unpaired) electrons. The van der Waals surface area contributed by atoms with Crippen LogP contribution in [0.25, 0.3) is 0 Å². The van der Waals surface area contributed by atoms with E-state index in [1.165, 1.54) is 32.4 Å². The summed E-state index contributed by atoms with van der Waals surface area (Å²) in [6.45, 7) is 6.63. The third kappa shape index (κ3) is 3.96. The van der Waals surface area contributed by atoms with Crippen molar-refractivity contribution in [3.63, 3.8) is 0 Å². The number of rotatable bonds is 4. The molecule has 17 heavy (non-hydrogen) atoms. The van der Waals surface area contributed by atoms with Crippen LogP contribution in [-0.4, -0.2) is 36.1 Å². The van der Waals surface area contributed by atoms with Gasteiger partial charge in [-0.2, -0.15) is 0 Å². The van der Waals surface area contributed by atoms with Gasteiger partial charge in [-0.25, -0.2) is 4.98 Å². The van der Waals surface area contributed by atoms with Crippen LogP contribution in [0.2, 0.25) is 0 Å². The zero-order valence-electron chi connectivity index (χ0n) is 10.4. The Labute approximate surface area is 112 Å². The fourth-order valence-corrected chi connectivity index (χ4v) is 2.39. The number of aryl methyl sites for hydroxylation is 1. The average molecular weight is 298 g/mol. The predicted molar refractivity (Wildman–Crippen MR) is 75.5 cm³/mol. The molecule has 0 unspecified atom stereocenters. The van der Waals surface area contributed by atoms with Crippen molar-refractivity contribution in [2.75, 3.05) is 31.5 Å². The van der Waals surface area contributed by atoms with Gasteiger partial charge >= 0.3 is 0 Å². The van der Waals surface area contributed by atoms with E-state index in [0.29, 0.717) is 0 Å². The Morgan fingerprint density at radius 1 is 1.29 bits per heavy atom. The van der Waals surface area contributed by atoms with Gasteiger partial charge in [-0.1, -0.05) is 6.42 Å². The minimum atomic E-state index is 0.975. The number of halogens is 1. The molecule has 94 valence electrons. The van der Waals surface area contributed by atoms with Crippen molar-refractivity contribution in [3.05, 3.63) is 22.3 Å². The highest BCUT2D eigenvalue weighted by Crippen LogP contribution is 2.16. The summed E-state index contributed by atoms with van der Waals surface area (Å²) in [6, 6.07) is 4.07. The Morgan fingerprint density at radius 2 is 2.06 bits per heavy atom. The Bertz CT molecular complexity index is 362. The summed E-state index contributed by atoms with van der Waals surface area (Å²) in [4.78, 5) is 7.01. The number of nitrogens with zero attached hydrogens (tertiary/aromatic N) is 2. The molecule has 0 amide bonds. The van der Waals surface area contributed by atoms with Crippen LogP contribution in [0, 0.1) is 6.92 Å². The van der Waals surface area contributed by atoms with Gasteiger partial charge in [0.2, 0.25) is 0 Å². The molecular formula is C13H20BrN3. The van der Waals surface area contributed by atoms with Crippen LogP contribution >= 0.6 is 15.9 Å². The van der Waals surface area contributed by atoms with E-state index in [2.05, 4.69) is 31.1 Å². The summed E-state index contributed by atoms with van der Waals surface area (Å²) in [5.41, 5.74) is 1.04. The van der Waals surface area contributed by atoms with Crippen LogP contribution in [0.4, 0.5) is 5.82 Å². The topological polar surface area (TPSA) is 28.2 Å². The fraction of sp³-hybridized carbons (Fsp3) is 0.615. The van der Waals surface area contributed by atoms with Crippen LogP contribution in [-0.2, 0) is 0 Å². The van der Waals surface area contributed by atoms with Gasteiger partial charge in [0, 0.05) is 17.6 Å². The van der Waals surface area contributed by atoms with Crippen molar-refractivity contribution < 1.29 is 0 Å². The molecule has 0 saturated carbocycles. The molecule has 1 aromatic heterocycles. The predicted octanol–water partition coefficient (Wildman–Crippen LogP) is 3.05. The van der Waals surface area contributed by atoms with Crippen molar-refractivity contribution in [1.82, 2.24) is 9.88 Å². The second kappa shape index (κ2) is 6.36. The van der Waals surface area contributed by atoms with Gasteiger partial charge in [0.25, 0.3) is 0 Å².